The van der Waals surface area contributed by atoms with Crippen LogP contribution in [-0.2, 0) is 26.5 Å². The number of carbonyl (C=O) groups excluding carboxylic acids is 1. The predicted molar refractivity (Wildman–Crippen MR) is 194 cm³/mol. The van der Waals surface area contributed by atoms with E-state index in [0.29, 0.717) is 42.7 Å². The number of piperidine rings is 3. The van der Waals surface area contributed by atoms with Crippen LogP contribution >= 0.6 is 0 Å². The number of quaternary nitrogens is 1. The first-order chi connectivity index (χ1) is 24.7. The Labute approximate surface area is 301 Å². The largest absolute Gasteiger partial charge is 0.508 e. The Balaban J connectivity index is 0.868. The Hall–Kier alpha value is -3.51. The molecule has 3 aromatic carbocycles. The molecule has 4 aliphatic heterocycles. The van der Waals surface area contributed by atoms with Crippen molar-refractivity contribution in [3.8, 4) is 11.5 Å². The van der Waals surface area contributed by atoms with E-state index in [-0.39, 0.29) is 42.9 Å². The highest BCUT2D eigenvalue weighted by atomic mass is 16.5. The van der Waals surface area contributed by atoms with Gasteiger partial charge in [-0.05, 0) is 48.4 Å². The number of fused-ring (bicyclic) bond motifs is 4. The molecule has 0 radical (unpaired) electrons. The molecular weight excluding hydrogens is 646 g/mol. The van der Waals surface area contributed by atoms with E-state index in [0.717, 1.165) is 47.1 Å². The summed E-state index contributed by atoms with van der Waals surface area (Å²) < 4.78 is 19.5. The van der Waals surface area contributed by atoms with Crippen molar-refractivity contribution in [2.24, 2.45) is 11.8 Å². The zero-order valence-electron chi connectivity index (χ0n) is 29.8. The Morgan fingerprint density at radius 1 is 1.04 bits per heavy atom. The van der Waals surface area contributed by atoms with Gasteiger partial charge in [0, 0.05) is 43.0 Å². The van der Waals surface area contributed by atoms with Crippen molar-refractivity contribution in [2.75, 3.05) is 57.9 Å². The number of hydrogen-bond donors (Lipinski definition) is 5. The number of aromatic hydroxyl groups is 1. The molecule has 8 rings (SSSR count). The number of rotatable bonds is 15. The van der Waals surface area contributed by atoms with Crippen LogP contribution in [0.3, 0.4) is 0 Å². The van der Waals surface area contributed by atoms with Gasteiger partial charge < -0.3 is 44.6 Å². The fraction of sp³-hybridized carbons (Fsp3) is 0.537. The van der Waals surface area contributed by atoms with Gasteiger partial charge in [-0.2, -0.15) is 0 Å². The van der Waals surface area contributed by atoms with Crippen LogP contribution in [0.25, 0.3) is 0 Å². The summed E-state index contributed by atoms with van der Waals surface area (Å²) in [5.74, 6) is 0.858. The van der Waals surface area contributed by atoms with Gasteiger partial charge in [0.05, 0.1) is 44.7 Å². The summed E-state index contributed by atoms with van der Waals surface area (Å²) in [5, 5.41) is 39.1. The molecule has 274 valence electrons. The maximum absolute atomic E-state index is 12.0. The van der Waals surface area contributed by atoms with Crippen LogP contribution < -0.4 is 15.4 Å². The molecule has 1 saturated carbocycles. The van der Waals surface area contributed by atoms with Crippen LogP contribution in [0.1, 0.15) is 79.8 Å². The highest BCUT2D eigenvalue weighted by Crippen LogP contribution is 2.43. The quantitative estimate of drug-likeness (QED) is 0.106. The van der Waals surface area contributed by atoms with E-state index in [1.54, 1.807) is 0 Å². The van der Waals surface area contributed by atoms with Gasteiger partial charge in [-0.1, -0.05) is 67.4 Å². The van der Waals surface area contributed by atoms with Crippen LogP contribution in [0.2, 0.25) is 0 Å². The number of aliphatic hydroxyl groups is 2. The summed E-state index contributed by atoms with van der Waals surface area (Å²) in [6, 6.07) is 21.4. The third-order valence-electron chi connectivity index (χ3n) is 12.0. The maximum atomic E-state index is 12.0. The van der Waals surface area contributed by atoms with E-state index < -0.39 is 11.7 Å². The Bertz CT molecular complexity index is 1620. The standard InChI is InChI=1S/C41H53N3O7/c1-28(42-23-37(46)35-21-34(45)22-36-40(35)50-26-39(47)43-36)30-13-11-29(12-14-30)25-49-20-19-44-17-15-31(16-18-44)38(24-44)51-27-41(48,33-9-5-6-10-33)32-7-3-2-4-8-32/h2-4,7-8,11-14,21-22,28,31,33,37-38,42,46,48H,5-6,9-10,15-20,23-27H2,1H3,(H-,43,45,47)/p+1/t28-,31?,37+,38+,41-,44?/m1/s1. The van der Waals surface area contributed by atoms with Gasteiger partial charge in [0.1, 0.15) is 36.3 Å². The molecule has 3 aromatic rings. The number of hydrogen-bond acceptors (Lipinski definition) is 8. The van der Waals surface area contributed by atoms with Crippen LogP contribution in [-0.4, -0.2) is 84.4 Å². The summed E-state index contributed by atoms with van der Waals surface area (Å²) in [7, 11) is 0. The van der Waals surface area contributed by atoms with Gasteiger partial charge >= 0.3 is 0 Å². The minimum absolute atomic E-state index is 0.0294. The minimum Gasteiger partial charge on any atom is -0.508 e. The zero-order valence-corrected chi connectivity index (χ0v) is 29.8. The van der Waals surface area contributed by atoms with E-state index in [4.69, 9.17) is 14.2 Å². The summed E-state index contributed by atoms with van der Waals surface area (Å²) in [4.78, 5) is 11.7. The average Bonchev–Trinajstić information content (AvgIpc) is 3.71. The number of aliphatic hydroxyl groups excluding tert-OH is 1. The van der Waals surface area contributed by atoms with Crippen molar-refractivity contribution >= 4 is 11.6 Å². The third-order valence-corrected chi connectivity index (χ3v) is 12.0. The first-order valence-electron chi connectivity index (χ1n) is 18.8. The summed E-state index contributed by atoms with van der Waals surface area (Å²) in [6.07, 6.45) is 6.07. The summed E-state index contributed by atoms with van der Waals surface area (Å²) in [5.41, 5.74) is 3.05. The molecule has 1 aliphatic carbocycles. The van der Waals surface area contributed by atoms with Crippen LogP contribution in [0.5, 0.6) is 11.5 Å². The number of ether oxygens (including phenoxy) is 3. The van der Waals surface area contributed by atoms with Crippen LogP contribution in [0.4, 0.5) is 5.69 Å². The fourth-order valence-electron chi connectivity index (χ4n) is 8.85. The SMILES string of the molecule is C[C@@H](NC[C@H](O)c1cc(O)cc2c1OCC(=O)N2)c1ccc(COCC[N+]23CCC(CC2)[C@@H](OC[C@@](O)(c2ccccc2)C2CCCC2)C3)cc1. The lowest BCUT2D eigenvalue weighted by atomic mass is 9.80. The predicted octanol–water partition coefficient (Wildman–Crippen LogP) is 5.33. The second kappa shape index (κ2) is 15.6. The molecule has 4 fully saturated rings. The van der Waals surface area contributed by atoms with Gasteiger partial charge in [-0.15, -0.1) is 0 Å². The number of anilines is 1. The number of benzene rings is 3. The van der Waals surface area contributed by atoms with Crippen LogP contribution in [0, 0.1) is 11.8 Å². The lowest BCUT2D eigenvalue weighted by Gasteiger charge is -2.52. The van der Waals surface area contributed by atoms with Crippen LogP contribution in [0.15, 0.2) is 66.7 Å². The first kappa shape index (κ1) is 35.9. The van der Waals surface area contributed by atoms with Crippen molar-refractivity contribution < 1.29 is 38.8 Å². The lowest BCUT2D eigenvalue weighted by molar-refractivity contribution is -0.946. The van der Waals surface area contributed by atoms with Gasteiger partial charge in [0.15, 0.2) is 6.61 Å². The second-order valence-corrected chi connectivity index (χ2v) is 15.3. The Morgan fingerprint density at radius 2 is 1.78 bits per heavy atom. The number of amides is 1. The normalized spacial score (nSPS) is 25.4. The van der Waals surface area contributed by atoms with Gasteiger partial charge in [0.25, 0.3) is 5.91 Å². The highest BCUT2D eigenvalue weighted by molar-refractivity contribution is 5.96. The van der Waals surface area contributed by atoms with E-state index in [2.05, 4.69) is 47.0 Å². The molecule has 10 nitrogen and oxygen atoms in total. The van der Waals surface area contributed by atoms with Gasteiger partial charge in [-0.3, -0.25) is 4.79 Å². The number of phenols is 1. The van der Waals surface area contributed by atoms with E-state index in [1.807, 2.05) is 25.1 Å². The van der Waals surface area contributed by atoms with Crippen molar-refractivity contribution in [2.45, 2.75) is 75.9 Å². The molecular formula is C41H54N3O7+. The minimum atomic E-state index is -0.940. The molecule has 0 unspecified atom stereocenters. The molecule has 2 bridgehead atoms. The molecule has 1 amide bonds. The monoisotopic (exact) mass is 700 g/mol. The zero-order chi connectivity index (χ0) is 35.4. The van der Waals surface area contributed by atoms with Gasteiger partial charge in [-0.25, -0.2) is 0 Å². The molecule has 0 aromatic heterocycles. The molecule has 5 N–H and O–H groups in total. The number of phenolic OH excluding ortho intramolecular Hbond substituents is 1. The fourth-order valence-corrected chi connectivity index (χ4v) is 8.85. The summed E-state index contributed by atoms with van der Waals surface area (Å²) >= 11 is 0. The van der Waals surface area contributed by atoms with Crippen molar-refractivity contribution in [1.82, 2.24) is 5.32 Å². The number of nitrogens with zero attached hydrogens (tertiary/aromatic N) is 1. The number of carbonyl (C=O) groups is 1. The maximum Gasteiger partial charge on any atom is 0.262 e. The van der Waals surface area contributed by atoms with E-state index in [9.17, 15) is 20.1 Å². The molecule has 3 saturated heterocycles. The lowest BCUT2D eigenvalue weighted by Crippen LogP contribution is -2.65. The molecule has 5 aliphatic rings. The molecule has 4 atom stereocenters. The highest BCUT2D eigenvalue weighted by Gasteiger charge is 2.48. The first-order valence-corrected chi connectivity index (χ1v) is 18.8. The Kier molecular flexibility index (Phi) is 11.0. The molecule has 51 heavy (non-hydrogen) atoms. The third kappa shape index (κ3) is 8.11. The van der Waals surface area contributed by atoms with Crippen molar-refractivity contribution in [1.29, 1.82) is 0 Å². The second-order valence-electron chi connectivity index (χ2n) is 15.3. The molecule has 0 spiro atoms. The molecule has 4 heterocycles. The van der Waals surface area contributed by atoms with E-state index in [1.165, 1.54) is 50.9 Å². The van der Waals surface area contributed by atoms with Gasteiger partial charge in [0.2, 0.25) is 0 Å². The Morgan fingerprint density at radius 3 is 2.53 bits per heavy atom. The molecule has 10 heteroatoms. The topological polar surface area (TPSA) is 130 Å². The van der Waals surface area contributed by atoms with Crippen molar-refractivity contribution in [3.05, 3.63) is 89.0 Å². The van der Waals surface area contributed by atoms with E-state index >= 15 is 0 Å². The smallest absolute Gasteiger partial charge is 0.262 e. The van der Waals surface area contributed by atoms with Crippen molar-refractivity contribution in [3.63, 3.8) is 0 Å². The summed E-state index contributed by atoms with van der Waals surface area (Å²) in [6.45, 7) is 8.07. The number of nitrogens with one attached hydrogen (secondary N) is 2. The average molecular weight is 701 g/mol.